The number of nitrogens with zero attached hydrogens (tertiary/aromatic N) is 2. The van der Waals surface area contributed by atoms with Crippen molar-refractivity contribution in [3.05, 3.63) is 10.9 Å². The SMILES string of the molecule is O=C([O-])c1cc2sc(N3CCOCC3)nc2s1. The zero-order chi connectivity index (χ0) is 11.8. The molecule has 2 aromatic heterocycles. The van der Waals surface area contributed by atoms with Crippen LogP contribution in [0.2, 0.25) is 0 Å². The molecule has 0 radical (unpaired) electrons. The smallest absolute Gasteiger partial charge is 0.187 e. The number of carbonyl (C=O) groups is 1. The van der Waals surface area contributed by atoms with Gasteiger partial charge in [0.05, 0.1) is 28.8 Å². The van der Waals surface area contributed by atoms with Gasteiger partial charge in [-0.2, -0.15) is 0 Å². The standard InChI is InChI=1S/C10H10N2O3S2/c13-9(14)7-5-6-8(16-7)11-10(17-6)12-1-3-15-4-2-12/h5H,1-4H2,(H,13,14)/p-1. The Labute approximate surface area is 105 Å². The van der Waals surface area contributed by atoms with E-state index < -0.39 is 5.97 Å². The van der Waals surface area contributed by atoms with Gasteiger partial charge in [0.2, 0.25) is 0 Å². The molecule has 7 heteroatoms. The van der Waals surface area contributed by atoms with Gasteiger partial charge in [0, 0.05) is 13.1 Å². The number of morpholine rings is 1. The summed E-state index contributed by atoms with van der Waals surface area (Å²) >= 11 is 2.69. The lowest BCUT2D eigenvalue weighted by Crippen LogP contribution is -2.36. The minimum atomic E-state index is -1.13. The number of carboxylic acids is 1. The number of hydrogen-bond donors (Lipinski definition) is 0. The van der Waals surface area contributed by atoms with Crippen molar-refractivity contribution in [2.24, 2.45) is 0 Å². The molecular formula is C10H9N2O3S2-. The predicted octanol–water partition coefficient (Wildman–Crippen LogP) is 0.558. The van der Waals surface area contributed by atoms with E-state index in [1.54, 1.807) is 6.07 Å². The summed E-state index contributed by atoms with van der Waals surface area (Å²) in [6, 6.07) is 1.64. The van der Waals surface area contributed by atoms with Crippen LogP contribution in [0.5, 0.6) is 0 Å². The number of hydrogen-bond acceptors (Lipinski definition) is 7. The molecule has 1 aliphatic heterocycles. The second-order valence-corrected chi connectivity index (χ2v) is 5.70. The molecule has 90 valence electrons. The third-order valence-corrected chi connectivity index (χ3v) is 4.76. The fraction of sp³-hybridized carbons (Fsp3) is 0.400. The number of anilines is 1. The summed E-state index contributed by atoms with van der Waals surface area (Å²) < 4.78 is 6.19. The van der Waals surface area contributed by atoms with Gasteiger partial charge in [-0.05, 0) is 6.07 Å². The monoisotopic (exact) mass is 269 g/mol. The highest BCUT2D eigenvalue weighted by Crippen LogP contribution is 2.34. The molecule has 0 unspecified atom stereocenters. The number of rotatable bonds is 2. The van der Waals surface area contributed by atoms with Crippen molar-refractivity contribution in [3.8, 4) is 0 Å². The van der Waals surface area contributed by atoms with Gasteiger partial charge in [0.25, 0.3) is 0 Å². The van der Waals surface area contributed by atoms with Crippen molar-refractivity contribution in [2.75, 3.05) is 31.2 Å². The van der Waals surface area contributed by atoms with E-state index in [1.165, 1.54) is 22.7 Å². The lowest BCUT2D eigenvalue weighted by molar-refractivity contribution is -0.254. The van der Waals surface area contributed by atoms with Crippen molar-refractivity contribution in [1.29, 1.82) is 0 Å². The van der Waals surface area contributed by atoms with Crippen LogP contribution < -0.4 is 10.0 Å². The van der Waals surface area contributed by atoms with Gasteiger partial charge in [-0.15, -0.1) is 11.3 Å². The van der Waals surface area contributed by atoms with Gasteiger partial charge >= 0.3 is 0 Å². The molecule has 0 N–H and O–H groups in total. The highest BCUT2D eigenvalue weighted by Gasteiger charge is 2.16. The first-order chi connectivity index (χ1) is 8.24. The second-order valence-electron chi connectivity index (χ2n) is 3.66. The van der Waals surface area contributed by atoms with E-state index >= 15 is 0 Å². The van der Waals surface area contributed by atoms with Gasteiger partial charge in [-0.3, -0.25) is 0 Å². The summed E-state index contributed by atoms with van der Waals surface area (Å²) in [5.74, 6) is -1.13. The summed E-state index contributed by atoms with van der Waals surface area (Å²) in [6.07, 6.45) is 0. The van der Waals surface area contributed by atoms with Gasteiger partial charge in [0.15, 0.2) is 5.13 Å². The number of aromatic nitrogens is 1. The van der Waals surface area contributed by atoms with Crippen LogP contribution >= 0.6 is 22.7 Å². The van der Waals surface area contributed by atoms with Crippen molar-refractivity contribution in [3.63, 3.8) is 0 Å². The maximum atomic E-state index is 10.7. The maximum Gasteiger partial charge on any atom is 0.187 e. The molecule has 1 fully saturated rings. The molecule has 0 atom stereocenters. The minimum Gasteiger partial charge on any atom is -0.544 e. The van der Waals surface area contributed by atoms with Crippen LogP contribution in [0, 0.1) is 0 Å². The molecule has 1 aliphatic rings. The summed E-state index contributed by atoms with van der Waals surface area (Å²) in [7, 11) is 0. The quantitative estimate of drug-likeness (QED) is 0.797. The Morgan fingerprint density at radius 3 is 2.82 bits per heavy atom. The van der Waals surface area contributed by atoms with Crippen LogP contribution in [0.3, 0.4) is 0 Å². The first-order valence-electron chi connectivity index (χ1n) is 5.18. The Morgan fingerprint density at radius 2 is 2.18 bits per heavy atom. The van der Waals surface area contributed by atoms with E-state index in [-0.39, 0.29) is 4.88 Å². The van der Waals surface area contributed by atoms with Crippen LogP contribution in [-0.4, -0.2) is 37.3 Å². The number of fused-ring (bicyclic) bond motifs is 1. The molecule has 0 aromatic carbocycles. The van der Waals surface area contributed by atoms with E-state index in [2.05, 4.69) is 9.88 Å². The number of thiophene rings is 1. The molecule has 0 spiro atoms. The Kier molecular flexibility index (Phi) is 2.73. The van der Waals surface area contributed by atoms with Gasteiger partial charge in [-0.25, -0.2) is 4.98 Å². The zero-order valence-corrected chi connectivity index (χ0v) is 10.5. The molecule has 17 heavy (non-hydrogen) atoms. The molecule has 3 rings (SSSR count). The fourth-order valence-electron chi connectivity index (χ4n) is 1.71. The first kappa shape index (κ1) is 10.9. The molecule has 0 amide bonds. The summed E-state index contributed by atoms with van der Waals surface area (Å²) in [4.78, 5) is 18.3. The molecule has 1 saturated heterocycles. The van der Waals surface area contributed by atoms with Crippen molar-refractivity contribution in [2.45, 2.75) is 0 Å². The van der Waals surface area contributed by atoms with E-state index in [0.29, 0.717) is 0 Å². The van der Waals surface area contributed by atoms with Crippen molar-refractivity contribution in [1.82, 2.24) is 4.98 Å². The van der Waals surface area contributed by atoms with Gasteiger partial charge < -0.3 is 19.5 Å². The van der Waals surface area contributed by atoms with E-state index in [9.17, 15) is 9.90 Å². The minimum absolute atomic E-state index is 0.243. The summed E-state index contributed by atoms with van der Waals surface area (Å²) in [6.45, 7) is 3.12. The average Bonchev–Trinajstić information content (AvgIpc) is 2.87. The van der Waals surface area contributed by atoms with Gasteiger partial charge in [-0.1, -0.05) is 11.3 Å². The van der Waals surface area contributed by atoms with E-state index in [4.69, 9.17) is 4.74 Å². The van der Waals surface area contributed by atoms with Crippen LogP contribution in [-0.2, 0) is 4.74 Å². The highest BCUT2D eigenvalue weighted by atomic mass is 32.1. The third-order valence-electron chi connectivity index (χ3n) is 2.56. The van der Waals surface area contributed by atoms with Crippen LogP contribution in [0.1, 0.15) is 9.67 Å². The zero-order valence-electron chi connectivity index (χ0n) is 8.84. The third kappa shape index (κ3) is 2.01. The molecule has 0 aliphatic carbocycles. The Balaban J connectivity index is 1.91. The summed E-state index contributed by atoms with van der Waals surface area (Å²) in [5.41, 5.74) is 0. The molecular weight excluding hydrogens is 260 g/mol. The topological polar surface area (TPSA) is 65.5 Å². The van der Waals surface area contributed by atoms with E-state index in [0.717, 1.165) is 41.0 Å². The lowest BCUT2D eigenvalue weighted by Gasteiger charge is -2.25. The summed E-state index contributed by atoms with van der Waals surface area (Å²) in [5, 5.41) is 11.6. The number of carboxylic acid groups (broad SMARTS) is 1. The average molecular weight is 269 g/mol. The van der Waals surface area contributed by atoms with Gasteiger partial charge in [0.1, 0.15) is 4.83 Å². The van der Waals surface area contributed by atoms with Crippen LogP contribution in [0.15, 0.2) is 6.07 Å². The predicted molar refractivity (Wildman–Crippen MR) is 64.9 cm³/mol. The number of aromatic carboxylic acids is 1. The number of thiazole rings is 1. The molecule has 2 aromatic rings. The fourth-order valence-corrected chi connectivity index (χ4v) is 3.81. The molecule has 3 heterocycles. The normalized spacial score (nSPS) is 16.6. The maximum absolute atomic E-state index is 10.7. The second kappa shape index (κ2) is 4.25. The highest BCUT2D eigenvalue weighted by molar-refractivity contribution is 7.29. The number of carbonyl (C=O) groups excluding carboxylic acids is 1. The number of ether oxygens (including phenoxy) is 1. The first-order valence-corrected chi connectivity index (χ1v) is 6.82. The molecule has 0 bridgehead atoms. The Hall–Kier alpha value is -1.18. The van der Waals surface area contributed by atoms with Crippen molar-refractivity contribution < 1.29 is 14.6 Å². The molecule has 5 nitrogen and oxygen atoms in total. The molecule has 0 saturated carbocycles. The van der Waals surface area contributed by atoms with Crippen molar-refractivity contribution >= 4 is 43.3 Å². The Morgan fingerprint density at radius 1 is 1.41 bits per heavy atom. The Bertz CT molecular complexity index is 525. The largest absolute Gasteiger partial charge is 0.544 e. The van der Waals surface area contributed by atoms with E-state index in [1.807, 2.05) is 0 Å². The lowest BCUT2D eigenvalue weighted by atomic mass is 10.5. The van der Waals surface area contributed by atoms with Crippen LogP contribution in [0.25, 0.3) is 9.53 Å². The van der Waals surface area contributed by atoms with Crippen LogP contribution in [0.4, 0.5) is 5.13 Å².